The van der Waals surface area contributed by atoms with Gasteiger partial charge < -0.3 is 10.1 Å². The van der Waals surface area contributed by atoms with Crippen molar-refractivity contribution in [2.24, 2.45) is 0 Å². The van der Waals surface area contributed by atoms with Crippen molar-refractivity contribution in [1.29, 1.82) is 0 Å². The summed E-state index contributed by atoms with van der Waals surface area (Å²) in [5.74, 6) is 0.0792. The van der Waals surface area contributed by atoms with Gasteiger partial charge in [0.2, 0.25) is 0 Å². The van der Waals surface area contributed by atoms with E-state index >= 15 is 0 Å². The Bertz CT molecular complexity index is 563. The van der Waals surface area contributed by atoms with Gasteiger partial charge in [0.05, 0.1) is 15.7 Å². The molecule has 0 heterocycles. The summed E-state index contributed by atoms with van der Waals surface area (Å²) in [5.41, 5.74) is 0.845. The van der Waals surface area contributed by atoms with E-state index in [4.69, 9.17) is 27.9 Å². The van der Waals surface area contributed by atoms with Crippen molar-refractivity contribution in [2.45, 2.75) is 0 Å². The van der Waals surface area contributed by atoms with E-state index in [1.807, 2.05) is 24.3 Å². The summed E-state index contributed by atoms with van der Waals surface area (Å²) >= 11 is 11.8. The van der Waals surface area contributed by atoms with Gasteiger partial charge in [-0.1, -0.05) is 35.3 Å². The van der Waals surface area contributed by atoms with Crippen LogP contribution in [-0.2, 0) is 0 Å². The zero-order valence-electron chi connectivity index (χ0n) is 10.00. The fraction of sp³-hybridized carbons (Fsp3) is 0.143. The molecule has 0 saturated carbocycles. The third kappa shape index (κ3) is 4.01. The van der Waals surface area contributed by atoms with Crippen LogP contribution < -0.4 is 10.1 Å². The first-order valence-corrected chi connectivity index (χ1v) is 6.48. The summed E-state index contributed by atoms with van der Waals surface area (Å²) in [4.78, 5) is 0. The van der Waals surface area contributed by atoms with E-state index in [2.05, 4.69) is 5.32 Å². The topological polar surface area (TPSA) is 21.3 Å². The molecule has 0 spiro atoms. The Kier molecular flexibility index (Phi) is 4.88. The molecule has 0 aliphatic rings. The van der Waals surface area contributed by atoms with Crippen molar-refractivity contribution in [3.63, 3.8) is 0 Å². The van der Waals surface area contributed by atoms with E-state index in [1.165, 1.54) is 18.2 Å². The highest BCUT2D eigenvalue weighted by molar-refractivity contribution is 6.33. The van der Waals surface area contributed by atoms with Gasteiger partial charge in [-0.3, -0.25) is 0 Å². The number of nitrogens with one attached hydrogen (secondary N) is 1. The lowest BCUT2D eigenvalue weighted by atomic mass is 10.3. The van der Waals surface area contributed by atoms with Crippen molar-refractivity contribution in [3.05, 3.63) is 58.3 Å². The molecule has 100 valence electrons. The number of anilines is 1. The van der Waals surface area contributed by atoms with E-state index < -0.39 is 0 Å². The van der Waals surface area contributed by atoms with Crippen LogP contribution in [0.5, 0.6) is 5.75 Å². The van der Waals surface area contributed by atoms with Crippen molar-refractivity contribution in [3.8, 4) is 5.75 Å². The monoisotopic (exact) mass is 299 g/mol. The number of hydrogen-bond donors (Lipinski definition) is 1. The van der Waals surface area contributed by atoms with Crippen LogP contribution in [0.2, 0.25) is 10.0 Å². The zero-order chi connectivity index (χ0) is 13.7. The predicted molar refractivity (Wildman–Crippen MR) is 76.8 cm³/mol. The highest BCUT2D eigenvalue weighted by Gasteiger charge is 2.03. The van der Waals surface area contributed by atoms with Gasteiger partial charge in [-0.05, 0) is 30.3 Å². The second kappa shape index (κ2) is 6.64. The minimum atomic E-state index is -0.383. The summed E-state index contributed by atoms with van der Waals surface area (Å²) in [7, 11) is 0. The average molecular weight is 300 g/mol. The molecule has 0 saturated heterocycles. The number of rotatable bonds is 5. The van der Waals surface area contributed by atoms with Gasteiger partial charge in [0, 0.05) is 6.54 Å². The van der Waals surface area contributed by atoms with Crippen LogP contribution in [0.3, 0.4) is 0 Å². The molecule has 0 amide bonds. The third-order valence-corrected chi connectivity index (χ3v) is 3.07. The second-order valence-electron chi connectivity index (χ2n) is 3.83. The van der Waals surface area contributed by atoms with Crippen molar-refractivity contribution in [2.75, 3.05) is 18.5 Å². The first-order valence-electron chi connectivity index (χ1n) is 5.73. The van der Waals surface area contributed by atoms with Crippen LogP contribution in [0.1, 0.15) is 0 Å². The van der Waals surface area contributed by atoms with Gasteiger partial charge in [0.15, 0.2) is 0 Å². The molecular weight excluding hydrogens is 288 g/mol. The minimum absolute atomic E-state index is 0.262. The molecule has 5 heteroatoms. The Balaban J connectivity index is 1.83. The Morgan fingerprint density at radius 1 is 1.05 bits per heavy atom. The van der Waals surface area contributed by atoms with Crippen LogP contribution >= 0.6 is 23.2 Å². The number of ether oxygens (including phenoxy) is 1. The van der Waals surface area contributed by atoms with Gasteiger partial charge in [0.1, 0.15) is 18.2 Å². The Hall–Kier alpha value is -1.45. The normalized spacial score (nSPS) is 10.3. The lowest BCUT2D eigenvalue weighted by Crippen LogP contribution is -2.11. The number of halogens is 3. The summed E-state index contributed by atoms with van der Waals surface area (Å²) in [6, 6.07) is 11.5. The molecule has 0 radical (unpaired) electrons. The van der Waals surface area contributed by atoms with Crippen LogP contribution in [0.15, 0.2) is 42.5 Å². The third-order valence-electron chi connectivity index (χ3n) is 2.44. The van der Waals surface area contributed by atoms with Crippen LogP contribution in [0.25, 0.3) is 0 Å². The van der Waals surface area contributed by atoms with Crippen molar-refractivity contribution < 1.29 is 9.13 Å². The van der Waals surface area contributed by atoms with Crippen LogP contribution in [0.4, 0.5) is 10.1 Å². The smallest absolute Gasteiger partial charge is 0.138 e. The quantitative estimate of drug-likeness (QED) is 0.813. The molecule has 0 unspecified atom stereocenters. The van der Waals surface area contributed by atoms with E-state index in [0.717, 1.165) is 5.69 Å². The maximum Gasteiger partial charge on any atom is 0.138 e. The van der Waals surface area contributed by atoms with E-state index in [9.17, 15) is 4.39 Å². The Morgan fingerprint density at radius 3 is 2.58 bits per heavy atom. The van der Waals surface area contributed by atoms with E-state index in [-0.39, 0.29) is 10.8 Å². The first-order chi connectivity index (χ1) is 9.16. The van der Waals surface area contributed by atoms with Gasteiger partial charge in [0.25, 0.3) is 0 Å². The van der Waals surface area contributed by atoms with Gasteiger partial charge in [-0.15, -0.1) is 0 Å². The summed E-state index contributed by atoms with van der Waals surface area (Å²) in [5, 5.41) is 4.06. The van der Waals surface area contributed by atoms with E-state index in [0.29, 0.717) is 23.9 Å². The lowest BCUT2D eigenvalue weighted by molar-refractivity contribution is 0.332. The molecule has 19 heavy (non-hydrogen) atoms. The Morgan fingerprint density at radius 2 is 1.84 bits per heavy atom. The second-order valence-corrected chi connectivity index (χ2v) is 4.64. The standard InChI is InChI=1S/C14H12Cl2FNO/c15-11-3-1-2-4-13(11)18-7-8-19-14-6-5-10(17)9-12(14)16/h1-6,9,18H,7-8H2. The van der Waals surface area contributed by atoms with E-state index in [1.54, 1.807) is 0 Å². The van der Waals surface area contributed by atoms with Crippen molar-refractivity contribution in [1.82, 2.24) is 0 Å². The molecule has 2 aromatic carbocycles. The lowest BCUT2D eigenvalue weighted by Gasteiger charge is -2.10. The van der Waals surface area contributed by atoms with Crippen LogP contribution in [0, 0.1) is 5.82 Å². The molecule has 0 atom stereocenters. The minimum Gasteiger partial charge on any atom is -0.490 e. The predicted octanol–water partition coefficient (Wildman–Crippen LogP) is 4.62. The fourth-order valence-corrected chi connectivity index (χ4v) is 1.97. The number of para-hydroxylation sites is 1. The molecule has 0 fully saturated rings. The number of hydrogen-bond acceptors (Lipinski definition) is 2. The summed E-state index contributed by atoms with van der Waals surface area (Å²) in [6.45, 7) is 0.966. The SMILES string of the molecule is Fc1ccc(OCCNc2ccccc2Cl)c(Cl)c1. The average Bonchev–Trinajstić information content (AvgIpc) is 2.38. The highest BCUT2D eigenvalue weighted by Crippen LogP contribution is 2.25. The number of benzene rings is 2. The maximum absolute atomic E-state index is 12.8. The summed E-state index contributed by atoms with van der Waals surface area (Å²) < 4.78 is 18.3. The van der Waals surface area contributed by atoms with Gasteiger partial charge in [-0.2, -0.15) is 0 Å². The van der Waals surface area contributed by atoms with Crippen LogP contribution in [-0.4, -0.2) is 13.2 Å². The van der Waals surface area contributed by atoms with Gasteiger partial charge in [-0.25, -0.2) is 4.39 Å². The Labute approximate surface area is 121 Å². The molecule has 0 aliphatic carbocycles. The molecule has 0 bridgehead atoms. The van der Waals surface area contributed by atoms with Gasteiger partial charge >= 0.3 is 0 Å². The largest absolute Gasteiger partial charge is 0.490 e. The first kappa shape index (κ1) is 14.0. The molecule has 0 aliphatic heterocycles. The molecule has 2 nitrogen and oxygen atoms in total. The molecular formula is C14H12Cl2FNO. The fourth-order valence-electron chi connectivity index (χ4n) is 1.54. The molecule has 2 rings (SSSR count). The zero-order valence-corrected chi connectivity index (χ0v) is 11.5. The highest BCUT2D eigenvalue weighted by atomic mass is 35.5. The molecule has 0 aromatic heterocycles. The molecule has 2 aromatic rings. The summed E-state index contributed by atoms with van der Waals surface area (Å²) in [6.07, 6.45) is 0. The maximum atomic E-state index is 12.8. The molecule has 1 N–H and O–H groups in total. The van der Waals surface area contributed by atoms with Crippen molar-refractivity contribution >= 4 is 28.9 Å².